The molecular weight excluding hydrogens is 378 g/mol. The van der Waals surface area contributed by atoms with Crippen LogP contribution in [0.5, 0.6) is 0 Å². The van der Waals surface area contributed by atoms with E-state index in [4.69, 9.17) is 9.84 Å². The standard InChI is InChI=1S/C16H18BrN3O4/c17-16-11(9-24-15(23)2-1-14(21)22)5-12(6-19-16)20-7-10-3-4-18-13(10)8-20/h1-2,5-6,10,13,18H,3-4,7-9H2,(H,21,22)/t10-,13+/m1/s1. The molecule has 128 valence electrons. The molecule has 2 aliphatic rings. The first-order valence-electron chi connectivity index (χ1n) is 7.73. The molecule has 2 fully saturated rings. The van der Waals surface area contributed by atoms with E-state index in [0.29, 0.717) is 16.6 Å². The van der Waals surface area contributed by atoms with Gasteiger partial charge < -0.3 is 20.1 Å². The van der Waals surface area contributed by atoms with Crippen LogP contribution in [0.3, 0.4) is 0 Å². The molecule has 1 aromatic rings. The van der Waals surface area contributed by atoms with Crippen LogP contribution in [0.1, 0.15) is 12.0 Å². The Kier molecular flexibility index (Phi) is 5.15. The topological polar surface area (TPSA) is 91.8 Å². The monoisotopic (exact) mass is 395 g/mol. The lowest BCUT2D eigenvalue weighted by Gasteiger charge is -2.20. The van der Waals surface area contributed by atoms with Crippen molar-refractivity contribution in [1.82, 2.24) is 10.3 Å². The van der Waals surface area contributed by atoms with Crippen molar-refractivity contribution in [2.75, 3.05) is 24.5 Å². The highest BCUT2D eigenvalue weighted by molar-refractivity contribution is 9.10. The Morgan fingerprint density at radius 1 is 1.46 bits per heavy atom. The molecule has 0 spiro atoms. The van der Waals surface area contributed by atoms with Crippen LogP contribution in [-0.2, 0) is 20.9 Å². The van der Waals surface area contributed by atoms with Gasteiger partial charge in [-0.15, -0.1) is 0 Å². The number of anilines is 1. The smallest absolute Gasteiger partial charge is 0.331 e. The summed E-state index contributed by atoms with van der Waals surface area (Å²) in [6.45, 7) is 3.08. The largest absolute Gasteiger partial charge is 0.478 e. The van der Waals surface area contributed by atoms with Gasteiger partial charge in [0.15, 0.2) is 0 Å². The number of nitrogens with one attached hydrogen (secondary N) is 1. The summed E-state index contributed by atoms with van der Waals surface area (Å²) >= 11 is 3.35. The minimum absolute atomic E-state index is 0.0309. The van der Waals surface area contributed by atoms with Crippen LogP contribution in [0.25, 0.3) is 0 Å². The number of nitrogens with zero attached hydrogens (tertiary/aromatic N) is 2. The number of ether oxygens (including phenoxy) is 1. The van der Waals surface area contributed by atoms with Crippen molar-refractivity contribution in [2.45, 2.75) is 19.1 Å². The molecule has 24 heavy (non-hydrogen) atoms. The van der Waals surface area contributed by atoms with E-state index in [0.717, 1.165) is 43.0 Å². The lowest BCUT2D eigenvalue weighted by Crippen LogP contribution is -2.30. The highest BCUT2D eigenvalue weighted by atomic mass is 79.9. The van der Waals surface area contributed by atoms with Crippen LogP contribution in [-0.4, -0.2) is 47.7 Å². The van der Waals surface area contributed by atoms with E-state index < -0.39 is 11.9 Å². The number of rotatable bonds is 5. The van der Waals surface area contributed by atoms with E-state index in [1.165, 1.54) is 6.42 Å². The fourth-order valence-electron chi connectivity index (χ4n) is 3.15. The second kappa shape index (κ2) is 7.31. The van der Waals surface area contributed by atoms with Crippen molar-refractivity contribution in [3.63, 3.8) is 0 Å². The van der Waals surface area contributed by atoms with Gasteiger partial charge in [0.05, 0.1) is 11.9 Å². The maximum Gasteiger partial charge on any atom is 0.331 e. The molecule has 8 heteroatoms. The molecule has 0 aromatic carbocycles. The van der Waals surface area contributed by atoms with Crippen LogP contribution in [0.15, 0.2) is 29.0 Å². The molecule has 3 heterocycles. The molecule has 1 aromatic heterocycles. The minimum atomic E-state index is -1.19. The number of carbonyl (C=O) groups excluding carboxylic acids is 1. The number of halogens is 1. The zero-order valence-corrected chi connectivity index (χ0v) is 14.5. The number of aliphatic carboxylic acids is 1. The fraction of sp³-hybridized carbons (Fsp3) is 0.438. The van der Waals surface area contributed by atoms with Gasteiger partial charge in [-0.05, 0) is 40.9 Å². The number of aromatic nitrogens is 1. The van der Waals surface area contributed by atoms with E-state index in [1.54, 1.807) is 6.20 Å². The summed E-state index contributed by atoms with van der Waals surface area (Å²) in [6.07, 6.45) is 4.65. The molecule has 0 unspecified atom stereocenters. The van der Waals surface area contributed by atoms with Gasteiger partial charge in [0.2, 0.25) is 0 Å². The molecule has 3 rings (SSSR count). The first-order chi connectivity index (χ1) is 11.5. The quantitative estimate of drug-likeness (QED) is 0.441. The maximum atomic E-state index is 11.5. The van der Waals surface area contributed by atoms with Crippen molar-refractivity contribution in [1.29, 1.82) is 0 Å². The second-order valence-electron chi connectivity index (χ2n) is 5.94. The molecular formula is C16H18BrN3O4. The van der Waals surface area contributed by atoms with Gasteiger partial charge in [0.1, 0.15) is 11.2 Å². The summed E-state index contributed by atoms with van der Waals surface area (Å²) in [4.78, 5) is 28.5. The predicted octanol–water partition coefficient (Wildman–Crippen LogP) is 1.33. The molecule has 0 bridgehead atoms. The van der Waals surface area contributed by atoms with Gasteiger partial charge in [-0.3, -0.25) is 0 Å². The second-order valence-corrected chi connectivity index (χ2v) is 6.69. The van der Waals surface area contributed by atoms with E-state index in [-0.39, 0.29) is 6.61 Å². The lowest BCUT2D eigenvalue weighted by molar-refractivity contribution is -0.139. The van der Waals surface area contributed by atoms with Crippen LogP contribution in [0.4, 0.5) is 5.69 Å². The van der Waals surface area contributed by atoms with Crippen molar-refractivity contribution in [3.8, 4) is 0 Å². The average molecular weight is 396 g/mol. The van der Waals surface area contributed by atoms with Crippen LogP contribution >= 0.6 is 15.9 Å². The number of esters is 1. The lowest BCUT2D eigenvalue weighted by atomic mass is 10.1. The average Bonchev–Trinajstić information content (AvgIpc) is 3.13. The zero-order valence-electron chi connectivity index (χ0n) is 12.9. The van der Waals surface area contributed by atoms with E-state index in [2.05, 4.69) is 31.1 Å². The van der Waals surface area contributed by atoms with E-state index in [9.17, 15) is 9.59 Å². The van der Waals surface area contributed by atoms with Crippen molar-refractivity contribution < 1.29 is 19.4 Å². The summed E-state index contributed by atoms with van der Waals surface area (Å²) in [5, 5.41) is 12.0. The van der Waals surface area contributed by atoms with Gasteiger partial charge in [-0.2, -0.15) is 0 Å². The van der Waals surface area contributed by atoms with E-state index >= 15 is 0 Å². The third kappa shape index (κ3) is 3.93. The zero-order chi connectivity index (χ0) is 17.1. The summed E-state index contributed by atoms with van der Waals surface area (Å²) in [5.41, 5.74) is 1.75. The number of hydrogen-bond donors (Lipinski definition) is 2. The summed E-state index contributed by atoms with van der Waals surface area (Å²) < 4.78 is 5.67. The first-order valence-corrected chi connectivity index (χ1v) is 8.53. The van der Waals surface area contributed by atoms with Crippen LogP contribution in [0, 0.1) is 5.92 Å². The number of pyridine rings is 1. The van der Waals surface area contributed by atoms with Crippen molar-refractivity contribution >= 4 is 33.6 Å². The molecule has 0 radical (unpaired) electrons. The molecule has 2 atom stereocenters. The van der Waals surface area contributed by atoms with E-state index in [1.807, 2.05) is 6.07 Å². The van der Waals surface area contributed by atoms with Gasteiger partial charge in [0.25, 0.3) is 0 Å². The van der Waals surface area contributed by atoms with Gasteiger partial charge >= 0.3 is 11.9 Å². The highest BCUT2D eigenvalue weighted by Crippen LogP contribution is 2.30. The maximum absolute atomic E-state index is 11.5. The molecule has 0 amide bonds. The number of carboxylic acids is 1. The Bertz CT molecular complexity index is 667. The summed E-state index contributed by atoms with van der Waals surface area (Å²) in [7, 11) is 0. The Balaban J connectivity index is 1.64. The summed E-state index contributed by atoms with van der Waals surface area (Å²) in [6, 6.07) is 2.49. The number of hydrogen-bond acceptors (Lipinski definition) is 6. The number of carboxylic acid groups (broad SMARTS) is 1. The van der Waals surface area contributed by atoms with Crippen molar-refractivity contribution in [3.05, 3.63) is 34.6 Å². The molecule has 2 N–H and O–H groups in total. The minimum Gasteiger partial charge on any atom is -0.478 e. The molecule has 0 aliphatic carbocycles. The molecule has 2 aliphatic heterocycles. The normalized spacial score (nSPS) is 22.8. The van der Waals surface area contributed by atoms with Crippen molar-refractivity contribution in [2.24, 2.45) is 5.92 Å². The third-order valence-corrected chi connectivity index (χ3v) is 5.07. The number of fused-ring (bicyclic) bond motifs is 1. The SMILES string of the molecule is O=C(O)C=CC(=O)OCc1cc(N2C[C@H]3CCN[C@H]3C2)cnc1Br. The Hall–Kier alpha value is -1.93. The fourth-order valence-corrected chi connectivity index (χ4v) is 3.48. The Labute approximate surface area is 147 Å². The van der Waals surface area contributed by atoms with Crippen LogP contribution in [0.2, 0.25) is 0 Å². The first kappa shape index (κ1) is 16.9. The molecule has 2 saturated heterocycles. The van der Waals surface area contributed by atoms with Gasteiger partial charge in [-0.1, -0.05) is 0 Å². The van der Waals surface area contributed by atoms with Gasteiger partial charge in [0, 0.05) is 36.8 Å². The Morgan fingerprint density at radius 2 is 2.29 bits per heavy atom. The highest BCUT2D eigenvalue weighted by Gasteiger charge is 2.36. The van der Waals surface area contributed by atoms with Crippen LogP contribution < -0.4 is 10.2 Å². The van der Waals surface area contributed by atoms with Gasteiger partial charge in [-0.25, -0.2) is 14.6 Å². The Morgan fingerprint density at radius 3 is 3.04 bits per heavy atom. The number of carbonyl (C=O) groups is 2. The molecule has 0 saturated carbocycles. The third-order valence-electron chi connectivity index (χ3n) is 4.36. The molecule has 7 nitrogen and oxygen atoms in total. The summed E-state index contributed by atoms with van der Waals surface area (Å²) in [5.74, 6) is -1.21. The predicted molar refractivity (Wildman–Crippen MR) is 90.6 cm³/mol.